The van der Waals surface area contributed by atoms with Gasteiger partial charge in [-0.3, -0.25) is 10.1 Å². The van der Waals surface area contributed by atoms with Gasteiger partial charge in [0, 0.05) is 17.8 Å². The summed E-state index contributed by atoms with van der Waals surface area (Å²) >= 11 is 6.19. The third-order valence-corrected chi connectivity index (χ3v) is 4.83. The summed E-state index contributed by atoms with van der Waals surface area (Å²) in [6.45, 7) is 3.47. The number of aromatic nitrogens is 2. The molecule has 1 aromatic carbocycles. The van der Waals surface area contributed by atoms with Crippen LogP contribution in [0.25, 0.3) is 0 Å². The number of anilines is 2. The van der Waals surface area contributed by atoms with E-state index in [-0.39, 0.29) is 29.6 Å². The van der Waals surface area contributed by atoms with Crippen molar-refractivity contribution >= 4 is 46.5 Å². The average molecular weight is 461 g/mol. The Kier molecular flexibility index (Phi) is 7.26. The third-order valence-electron chi connectivity index (χ3n) is 4.50. The van der Waals surface area contributed by atoms with Crippen molar-refractivity contribution in [3.63, 3.8) is 0 Å². The number of para-hydroxylation sites is 1. The molecule has 12 heteroatoms. The summed E-state index contributed by atoms with van der Waals surface area (Å²) in [6.07, 6.45) is 3.40. The van der Waals surface area contributed by atoms with E-state index in [4.69, 9.17) is 23.1 Å². The molecule has 0 saturated heterocycles. The number of hydrogen-bond donors (Lipinski definition) is 5. The largest absolute Gasteiger partial charge is 0.627 e. The SMILES string of the molecule is CC(C)NC(=O)c1nc(Nc2ccccc2Cl)[nH+]c(N=C(N)C=C(N)C2CC2)c1[NH+]([O-])[O-]. The zero-order chi connectivity index (χ0) is 23.4. The quantitative estimate of drug-likeness (QED) is 0.222. The molecule has 1 aromatic heterocycles. The molecule has 0 aliphatic heterocycles. The minimum atomic E-state index is -1.64. The van der Waals surface area contributed by atoms with E-state index in [9.17, 15) is 15.2 Å². The number of aromatic amines is 1. The van der Waals surface area contributed by atoms with Gasteiger partial charge in [0.05, 0.1) is 5.02 Å². The zero-order valence-electron chi connectivity index (χ0n) is 17.6. The number of nitrogens with two attached hydrogens (primary N) is 2. The Bertz CT molecular complexity index is 1070. The second-order valence-electron chi connectivity index (χ2n) is 7.63. The zero-order valence-corrected chi connectivity index (χ0v) is 18.4. The minimum absolute atomic E-state index is 0.0294. The van der Waals surface area contributed by atoms with Crippen LogP contribution in [-0.4, -0.2) is 22.8 Å². The molecule has 1 saturated carbocycles. The summed E-state index contributed by atoms with van der Waals surface area (Å²) in [7, 11) is 0. The summed E-state index contributed by atoms with van der Waals surface area (Å²) in [5.74, 6) is -0.684. The Morgan fingerprint density at radius 1 is 1.34 bits per heavy atom. The van der Waals surface area contributed by atoms with Crippen molar-refractivity contribution in [1.29, 1.82) is 0 Å². The number of nitrogens with zero attached hydrogens (tertiary/aromatic N) is 2. The van der Waals surface area contributed by atoms with Crippen molar-refractivity contribution in [2.75, 3.05) is 5.32 Å². The van der Waals surface area contributed by atoms with Crippen molar-refractivity contribution in [2.45, 2.75) is 32.7 Å². The number of nitrogens with one attached hydrogen (secondary N) is 4. The highest BCUT2D eigenvalue weighted by Crippen LogP contribution is 2.33. The smallest absolute Gasteiger partial charge is 0.350 e. The summed E-state index contributed by atoms with van der Waals surface area (Å²) in [6, 6.07) is 6.58. The Morgan fingerprint density at radius 2 is 2.03 bits per heavy atom. The van der Waals surface area contributed by atoms with Gasteiger partial charge in [0.15, 0.2) is 5.84 Å². The molecule has 32 heavy (non-hydrogen) atoms. The molecule has 3 rings (SSSR count). The molecule has 0 radical (unpaired) electrons. The lowest BCUT2D eigenvalue weighted by Gasteiger charge is -2.25. The highest BCUT2D eigenvalue weighted by Gasteiger charge is 2.29. The van der Waals surface area contributed by atoms with Crippen molar-refractivity contribution in [3.8, 4) is 0 Å². The number of halogens is 1. The molecule has 2 aromatic rings. The fourth-order valence-corrected chi connectivity index (χ4v) is 3.05. The molecule has 1 fully saturated rings. The van der Waals surface area contributed by atoms with Crippen LogP contribution in [0.1, 0.15) is 37.2 Å². The molecule has 0 bridgehead atoms. The maximum Gasteiger partial charge on any atom is 0.350 e. The van der Waals surface area contributed by atoms with Crippen molar-refractivity contribution in [2.24, 2.45) is 22.4 Å². The summed E-state index contributed by atoms with van der Waals surface area (Å²) in [5.41, 5.74) is 12.1. The second-order valence-corrected chi connectivity index (χ2v) is 8.04. The molecule has 1 amide bonds. The standard InChI is InChI=1S/C20H24ClN8O3/c1-10(2)24-19(30)16-17(29(31)32)18(26-15(23)9-13(22)11-7-8-11)28-20(27-16)25-14-6-4-3-5-12(14)21/h3-6,9-11,29H,7-8,22H2,1-2H3,(H,24,30)(H3,23,25,26,27,28)/q-1/p+1. The van der Waals surface area contributed by atoms with Crippen molar-refractivity contribution in [3.05, 3.63) is 57.2 Å². The molecule has 11 nitrogen and oxygen atoms in total. The molecule has 0 unspecified atom stereocenters. The Labute approximate surface area is 189 Å². The number of rotatable bonds is 8. The van der Waals surface area contributed by atoms with Gasteiger partial charge in [-0.05, 0) is 44.7 Å². The van der Waals surface area contributed by atoms with Crippen molar-refractivity contribution in [1.82, 2.24) is 10.3 Å². The molecular formula is C20H25ClN8O3. The molecule has 170 valence electrons. The van der Waals surface area contributed by atoms with E-state index >= 15 is 0 Å². The number of allylic oxidation sites excluding steroid dienone is 1. The van der Waals surface area contributed by atoms with Crippen LogP contribution in [0.15, 0.2) is 41.0 Å². The van der Waals surface area contributed by atoms with Crippen LogP contribution >= 0.6 is 11.6 Å². The number of amides is 1. The van der Waals surface area contributed by atoms with Gasteiger partial charge in [0.1, 0.15) is 5.69 Å². The van der Waals surface area contributed by atoms with Gasteiger partial charge in [-0.25, -0.2) is 4.98 Å². The first kappa shape index (κ1) is 23.4. The average Bonchev–Trinajstić information content (AvgIpc) is 3.54. The van der Waals surface area contributed by atoms with Crippen LogP contribution in [0.2, 0.25) is 5.02 Å². The van der Waals surface area contributed by atoms with Gasteiger partial charge in [0.2, 0.25) is 5.69 Å². The van der Waals surface area contributed by atoms with E-state index in [2.05, 4.69) is 25.6 Å². The number of amidine groups is 1. The Hall–Kier alpha value is -3.25. The van der Waals surface area contributed by atoms with Gasteiger partial charge in [-0.1, -0.05) is 28.7 Å². The molecule has 1 aliphatic rings. The van der Waals surface area contributed by atoms with Crippen molar-refractivity contribution < 1.29 is 15.0 Å². The first-order valence-electron chi connectivity index (χ1n) is 9.98. The number of hydrogen-bond acceptors (Lipinski definition) is 7. The van der Waals surface area contributed by atoms with Gasteiger partial charge in [-0.2, -0.15) is 0 Å². The van der Waals surface area contributed by atoms with Gasteiger partial charge >= 0.3 is 5.95 Å². The van der Waals surface area contributed by atoms with Crippen LogP contribution in [-0.2, 0) is 0 Å². The van der Waals surface area contributed by atoms with E-state index in [1.165, 1.54) is 6.08 Å². The highest BCUT2D eigenvalue weighted by molar-refractivity contribution is 6.33. The molecule has 1 aliphatic carbocycles. The summed E-state index contributed by atoms with van der Waals surface area (Å²) in [4.78, 5) is 23.8. The highest BCUT2D eigenvalue weighted by atomic mass is 35.5. The lowest BCUT2D eigenvalue weighted by molar-refractivity contribution is -0.717. The third kappa shape index (κ3) is 5.92. The predicted octanol–water partition coefficient (Wildman–Crippen LogP) is 1.18. The molecule has 8 N–H and O–H groups in total. The summed E-state index contributed by atoms with van der Waals surface area (Å²) in [5, 5.41) is 28.2. The number of quaternary nitrogens is 1. The number of H-pyrrole nitrogens is 1. The lowest BCUT2D eigenvalue weighted by Crippen LogP contribution is -2.96. The van der Waals surface area contributed by atoms with E-state index in [1.54, 1.807) is 38.1 Å². The van der Waals surface area contributed by atoms with Crippen LogP contribution < -0.4 is 32.3 Å². The van der Waals surface area contributed by atoms with Gasteiger partial charge < -0.3 is 32.4 Å². The van der Waals surface area contributed by atoms with Gasteiger partial charge in [0.25, 0.3) is 17.4 Å². The topological polar surface area (TPSA) is 183 Å². The van der Waals surface area contributed by atoms with E-state index in [0.29, 0.717) is 16.4 Å². The molecule has 0 atom stereocenters. The normalized spacial score (nSPS) is 14.7. The van der Waals surface area contributed by atoms with Crippen LogP contribution in [0.3, 0.4) is 0 Å². The fraction of sp³-hybridized carbons (Fsp3) is 0.300. The van der Waals surface area contributed by atoms with Crippen LogP contribution in [0.5, 0.6) is 0 Å². The second kappa shape index (κ2) is 9.92. The number of carbonyl (C=O) groups excluding carboxylic acids is 1. The number of benzene rings is 1. The first-order valence-corrected chi connectivity index (χ1v) is 10.4. The molecule has 0 spiro atoms. The molecular weight excluding hydrogens is 436 g/mol. The minimum Gasteiger partial charge on any atom is -0.627 e. The van der Waals surface area contributed by atoms with Gasteiger partial charge in [-0.15, -0.1) is 4.99 Å². The lowest BCUT2D eigenvalue weighted by atomic mass is 10.2. The number of carbonyl (C=O) groups is 1. The number of aliphatic imine (C=N–C) groups is 1. The maximum atomic E-state index is 12.7. The Balaban J connectivity index is 2.12. The monoisotopic (exact) mass is 460 g/mol. The predicted molar refractivity (Wildman–Crippen MR) is 122 cm³/mol. The van der Waals surface area contributed by atoms with Crippen LogP contribution in [0.4, 0.5) is 23.1 Å². The Morgan fingerprint density at radius 3 is 2.62 bits per heavy atom. The first-order chi connectivity index (χ1) is 15.2. The maximum absolute atomic E-state index is 12.7. The van der Waals surface area contributed by atoms with Crippen LogP contribution in [0, 0.1) is 16.3 Å². The van der Waals surface area contributed by atoms with E-state index in [0.717, 1.165) is 12.8 Å². The van der Waals surface area contributed by atoms with E-state index in [1.807, 2.05) is 0 Å². The van der Waals surface area contributed by atoms with E-state index < -0.39 is 22.5 Å². The molecule has 1 heterocycles. The fourth-order valence-electron chi connectivity index (χ4n) is 2.87. The summed E-state index contributed by atoms with van der Waals surface area (Å²) < 4.78 is 0.